The van der Waals surface area contributed by atoms with E-state index in [1.165, 1.54) is 0 Å². The number of aromatic nitrogens is 3. The molecular weight excluding hydrogens is 434 g/mol. The lowest BCUT2D eigenvalue weighted by Crippen LogP contribution is -2.37. The first-order valence-electron chi connectivity index (χ1n) is 11.0. The number of hydrogen-bond acceptors (Lipinski definition) is 10. The highest BCUT2D eigenvalue weighted by Crippen LogP contribution is 2.36. The van der Waals surface area contributed by atoms with Gasteiger partial charge >= 0.3 is 0 Å². The van der Waals surface area contributed by atoms with Crippen LogP contribution in [0.3, 0.4) is 0 Å². The van der Waals surface area contributed by atoms with E-state index in [2.05, 4.69) is 37.0 Å². The fourth-order valence-electron chi connectivity index (χ4n) is 3.77. The SMILES string of the molecule is CNc1nc(Nc2cnc(C#N)c(OC3CCCNC3)c2)ncc1-c1ccc(OC)cc1OC. The van der Waals surface area contributed by atoms with Gasteiger partial charge in [0.1, 0.15) is 29.5 Å². The summed E-state index contributed by atoms with van der Waals surface area (Å²) in [5.74, 6) is 2.77. The van der Waals surface area contributed by atoms with Crippen molar-refractivity contribution < 1.29 is 14.2 Å². The summed E-state index contributed by atoms with van der Waals surface area (Å²) in [5, 5.41) is 19.0. The molecule has 176 valence electrons. The van der Waals surface area contributed by atoms with Gasteiger partial charge in [-0.1, -0.05) is 0 Å². The summed E-state index contributed by atoms with van der Waals surface area (Å²) in [6.07, 6.45) is 5.24. The van der Waals surface area contributed by atoms with Gasteiger partial charge in [0.2, 0.25) is 5.95 Å². The molecule has 0 bridgehead atoms. The number of ether oxygens (including phenoxy) is 3. The Balaban J connectivity index is 1.59. The molecule has 1 atom stereocenters. The van der Waals surface area contributed by atoms with Crippen molar-refractivity contribution in [3.63, 3.8) is 0 Å². The van der Waals surface area contributed by atoms with Gasteiger partial charge in [-0.15, -0.1) is 0 Å². The second-order valence-electron chi connectivity index (χ2n) is 7.67. The van der Waals surface area contributed by atoms with Crippen LogP contribution in [0.4, 0.5) is 17.5 Å². The first-order valence-corrected chi connectivity index (χ1v) is 11.0. The molecule has 0 saturated carbocycles. The van der Waals surface area contributed by atoms with Gasteiger partial charge in [0.25, 0.3) is 0 Å². The Morgan fingerprint density at radius 3 is 2.68 bits per heavy atom. The molecule has 3 heterocycles. The van der Waals surface area contributed by atoms with Crippen molar-refractivity contribution in [2.24, 2.45) is 0 Å². The van der Waals surface area contributed by atoms with Crippen LogP contribution in [0.2, 0.25) is 0 Å². The average Bonchev–Trinajstić information content (AvgIpc) is 2.89. The zero-order valence-electron chi connectivity index (χ0n) is 19.4. The van der Waals surface area contributed by atoms with Crippen LogP contribution >= 0.6 is 0 Å². The number of rotatable bonds is 8. The number of piperidine rings is 1. The summed E-state index contributed by atoms with van der Waals surface area (Å²) in [7, 11) is 5.01. The van der Waals surface area contributed by atoms with E-state index in [1.54, 1.807) is 39.7 Å². The molecule has 1 saturated heterocycles. The van der Waals surface area contributed by atoms with E-state index in [9.17, 15) is 5.26 Å². The molecule has 1 aliphatic rings. The maximum atomic E-state index is 9.43. The monoisotopic (exact) mass is 461 g/mol. The highest BCUT2D eigenvalue weighted by molar-refractivity contribution is 5.80. The summed E-state index contributed by atoms with van der Waals surface area (Å²) in [6, 6.07) is 9.42. The Bertz CT molecular complexity index is 1190. The Morgan fingerprint density at radius 1 is 1.09 bits per heavy atom. The zero-order valence-corrected chi connectivity index (χ0v) is 19.4. The number of methoxy groups -OCH3 is 2. The molecule has 34 heavy (non-hydrogen) atoms. The van der Waals surface area contributed by atoms with E-state index in [4.69, 9.17) is 14.2 Å². The molecule has 10 nitrogen and oxygen atoms in total. The highest BCUT2D eigenvalue weighted by atomic mass is 16.5. The Kier molecular flexibility index (Phi) is 7.25. The molecule has 1 unspecified atom stereocenters. The summed E-state index contributed by atoms with van der Waals surface area (Å²) in [6.45, 7) is 1.72. The minimum absolute atomic E-state index is 0.00352. The fourth-order valence-corrected chi connectivity index (χ4v) is 3.77. The first-order chi connectivity index (χ1) is 16.6. The smallest absolute Gasteiger partial charge is 0.229 e. The second-order valence-corrected chi connectivity index (χ2v) is 7.67. The van der Waals surface area contributed by atoms with Crippen LogP contribution in [0.1, 0.15) is 18.5 Å². The van der Waals surface area contributed by atoms with Crippen LogP contribution in [-0.4, -0.2) is 55.4 Å². The molecule has 1 aliphatic heterocycles. The van der Waals surface area contributed by atoms with Gasteiger partial charge in [0.05, 0.1) is 26.1 Å². The minimum Gasteiger partial charge on any atom is -0.497 e. The maximum absolute atomic E-state index is 9.43. The average molecular weight is 462 g/mol. The molecule has 1 aromatic carbocycles. The maximum Gasteiger partial charge on any atom is 0.229 e. The zero-order chi connectivity index (χ0) is 23.9. The van der Waals surface area contributed by atoms with Gasteiger partial charge in [0, 0.05) is 43.0 Å². The summed E-state index contributed by atoms with van der Waals surface area (Å²) in [5.41, 5.74) is 2.47. The van der Waals surface area contributed by atoms with Gasteiger partial charge in [-0.3, -0.25) is 0 Å². The largest absolute Gasteiger partial charge is 0.497 e. The van der Waals surface area contributed by atoms with Gasteiger partial charge < -0.3 is 30.2 Å². The lowest BCUT2D eigenvalue weighted by molar-refractivity contribution is 0.166. The third kappa shape index (κ3) is 5.10. The Labute approximate surface area is 198 Å². The van der Waals surface area contributed by atoms with Crippen LogP contribution in [0.15, 0.2) is 36.7 Å². The molecule has 0 aliphatic carbocycles. The molecule has 3 N–H and O–H groups in total. The number of nitrogens with zero attached hydrogens (tertiary/aromatic N) is 4. The Morgan fingerprint density at radius 2 is 1.97 bits per heavy atom. The molecule has 3 aromatic rings. The van der Waals surface area contributed by atoms with E-state index in [1.807, 2.05) is 18.2 Å². The molecule has 0 spiro atoms. The lowest BCUT2D eigenvalue weighted by Gasteiger charge is -2.24. The van der Waals surface area contributed by atoms with Crippen LogP contribution in [-0.2, 0) is 0 Å². The van der Waals surface area contributed by atoms with Crippen molar-refractivity contribution in [1.82, 2.24) is 20.3 Å². The normalized spacial score (nSPS) is 15.2. The van der Waals surface area contributed by atoms with Crippen molar-refractivity contribution >= 4 is 17.5 Å². The highest BCUT2D eigenvalue weighted by Gasteiger charge is 2.18. The number of nitrogens with one attached hydrogen (secondary N) is 3. The fraction of sp³-hybridized carbons (Fsp3) is 0.333. The number of benzene rings is 1. The van der Waals surface area contributed by atoms with Crippen molar-refractivity contribution in [2.75, 3.05) is 45.0 Å². The van der Waals surface area contributed by atoms with E-state index >= 15 is 0 Å². The molecule has 0 amide bonds. The predicted molar refractivity (Wildman–Crippen MR) is 129 cm³/mol. The van der Waals surface area contributed by atoms with Crippen molar-refractivity contribution in [2.45, 2.75) is 18.9 Å². The van der Waals surface area contributed by atoms with Crippen molar-refractivity contribution in [3.05, 3.63) is 42.4 Å². The first kappa shape index (κ1) is 23.1. The van der Waals surface area contributed by atoms with Gasteiger partial charge in [0.15, 0.2) is 11.4 Å². The number of anilines is 3. The van der Waals surface area contributed by atoms with Crippen molar-refractivity contribution in [1.29, 1.82) is 5.26 Å². The summed E-state index contributed by atoms with van der Waals surface area (Å²) in [4.78, 5) is 13.3. The van der Waals surface area contributed by atoms with E-state index < -0.39 is 0 Å². The molecule has 10 heteroatoms. The molecule has 0 radical (unpaired) electrons. The van der Waals surface area contributed by atoms with Gasteiger partial charge in [-0.05, 0) is 31.5 Å². The topological polar surface area (TPSA) is 126 Å². The summed E-state index contributed by atoms with van der Waals surface area (Å²) < 4.78 is 16.9. The molecule has 1 fully saturated rings. The number of nitriles is 1. The van der Waals surface area contributed by atoms with E-state index in [-0.39, 0.29) is 11.8 Å². The third-order valence-corrected chi connectivity index (χ3v) is 5.48. The summed E-state index contributed by atoms with van der Waals surface area (Å²) >= 11 is 0. The second kappa shape index (κ2) is 10.7. The van der Waals surface area contributed by atoms with Crippen LogP contribution in [0.25, 0.3) is 11.1 Å². The lowest BCUT2D eigenvalue weighted by atomic mass is 10.1. The predicted octanol–water partition coefficient (Wildman–Crippen LogP) is 3.34. The molecule has 4 rings (SSSR count). The molecular formula is C24H27N7O3. The third-order valence-electron chi connectivity index (χ3n) is 5.48. The van der Waals surface area contributed by atoms with Crippen LogP contribution in [0, 0.1) is 11.3 Å². The Hall–Kier alpha value is -4.10. The quantitative estimate of drug-likeness (QED) is 0.460. The van der Waals surface area contributed by atoms with Gasteiger partial charge in [-0.25, -0.2) is 9.97 Å². The van der Waals surface area contributed by atoms with E-state index in [0.717, 1.165) is 37.1 Å². The minimum atomic E-state index is 0.00352. The van der Waals surface area contributed by atoms with Gasteiger partial charge in [-0.2, -0.15) is 10.2 Å². The number of pyridine rings is 1. The standard InChI is InChI=1S/C24H27N7O3/c1-26-23-19(18-7-6-16(32-2)10-21(18)33-3)14-29-24(31-23)30-15-9-22(20(11-25)28-12-15)34-17-5-4-8-27-13-17/h6-7,9-10,12,14,17,27H,4-5,8,13H2,1-3H3,(H2,26,29,30,31). The van der Waals surface area contributed by atoms with Crippen LogP contribution in [0.5, 0.6) is 17.2 Å². The van der Waals surface area contributed by atoms with Crippen molar-refractivity contribution in [3.8, 4) is 34.4 Å². The van der Waals surface area contributed by atoms with Crippen LogP contribution < -0.4 is 30.2 Å². The number of hydrogen-bond donors (Lipinski definition) is 3. The molecule has 2 aromatic heterocycles. The van der Waals surface area contributed by atoms with E-state index in [0.29, 0.717) is 34.7 Å².